The van der Waals surface area contributed by atoms with Crippen LogP contribution in [0.25, 0.3) is 10.9 Å². The van der Waals surface area contributed by atoms with Crippen LogP contribution in [0, 0.1) is 6.92 Å². The number of carbonyl (C=O) groups is 1. The number of carbonyl (C=O) groups excluding carboxylic acids is 1. The minimum atomic E-state index is 0.00339. The number of hydrogen-bond acceptors (Lipinski definition) is 6. The fourth-order valence-corrected chi connectivity index (χ4v) is 4.16. The highest BCUT2D eigenvalue weighted by molar-refractivity contribution is 6.07. The third-order valence-corrected chi connectivity index (χ3v) is 6.16. The molecule has 2 aromatic heterocycles. The minimum Gasteiger partial charge on any atom is -0.353 e. The monoisotopic (exact) mass is 430 g/mol. The first kappa shape index (κ1) is 20.7. The minimum absolute atomic E-state index is 0.00339. The van der Waals surface area contributed by atoms with Gasteiger partial charge in [0.15, 0.2) is 0 Å². The van der Waals surface area contributed by atoms with Crippen molar-refractivity contribution in [2.75, 3.05) is 36.0 Å². The molecule has 1 saturated heterocycles. The van der Waals surface area contributed by atoms with Crippen molar-refractivity contribution in [2.45, 2.75) is 45.6 Å². The molecule has 0 atom stereocenters. The van der Waals surface area contributed by atoms with Gasteiger partial charge < -0.3 is 15.1 Å². The number of para-hydroxylation sites is 1. The molecular formula is C25H30N6O. The van der Waals surface area contributed by atoms with Crippen LogP contribution >= 0.6 is 0 Å². The Balaban J connectivity index is 1.37. The molecule has 1 saturated carbocycles. The van der Waals surface area contributed by atoms with Crippen LogP contribution < -0.4 is 15.1 Å². The van der Waals surface area contributed by atoms with Gasteiger partial charge in [-0.1, -0.05) is 32.0 Å². The summed E-state index contributed by atoms with van der Waals surface area (Å²) in [5.41, 5.74) is 2.58. The third-order valence-electron chi connectivity index (χ3n) is 6.16. The summed E-state index contributed by atoms with van der Waals surface area (Å²) in [5.74, 6) is 3.06. The molecule has 1 aliphatic carbocycles. The van der Waals surface area contributed by atoms with Crippen LogP contribution in [-0.4, -0.2) is 53.1 Å². The SMILES string of the molecule is Cc1cc(N2CCN(c3cc(C(=O)NC4CC4)c4ccccc4n3)CC2)nc(C(C)C)n1. The first-order valence-electron chi connectivity index (χ1n) is 11.5. The molecule has 7 nitrogen and oxygen atoms in total. The van der Waals surface area contributed by atoms with Crippen LogP contribution in [0.2, 0.25) is 0 Å². The number of nitrogens with one attached hydrogen (secondary N) is 1. The topological polar surface area (TPSA) is 74.2 Å². The van der Waals surface area contributed by atoms with Crippen molar-refractivity contribution in [3.8, 4) is 0 Å². The Labute approximate surface area is 188 Å². The summed E-state index contributed by atoms with van der Waals surface area (Å²) < 4.78 is 0. The zero-order valence-electron chi connectivity index (χ0n) is 19.0. The van der Waals surface area contributed by atoms with Crippen molar-refractivity contribution in [3.05, 3.63) is 53.5 Å². The number of aromatic nitrogens is 3. The molecule has 0 bridgehead atoms. The van der Waals surface area contributed by atoms with E-state index in [1.54, 1.807) is 0 Å². The summed E-state index contributed by atoms with van der Waals surface area (Å²) in [6.07, 6.45) is 2.15. The van der Waals surface area contributed by atoms with Crippen LogP contribution in [0.4, 0.5) is 11.6 Å². The molecule has 0 spiro atoms. The lowest BCUT2D eigenvalue weighted by atomic mass is 10.1. The predicted molar refractivity (Wildman–Crippen MR) is 128 cm³/mol. The number of amides is 1. The summed E-state index contributed by atoms with van der Waals surface area (Å²) in [7, 11) is 0. The molecule has 3 aromatic rings. The number of hydrogen-bond donors (Lipinski definition) is 1. The smallest absolute Gasteiger partial charge is 0.252 e. The van der Waals surface area contributed by atoms with E-state index < -0.39 is 0 Å². The van der Waals surface area contributed by atoms with Gasteiger partial charge >= 0.3 is 0 Å². The van der Waals surface area contributed by atoms with Crippen LogP contribution in [0.5, 0.6) is 0 Å². The Morgan fingerprint density at radius 1 is 0.969 bits per heavy atom. The fourth-order valence-electron chi connectivity index (χ4n) is 4.16. The number of aryl methyl sites for hydroxylation is 1. The quantitative estimate of drug-likeness (QED) is 0.666. The van der Waals surface area contributed by atoms with E-state index in [2.05, 4.69) is 40.0 Å². The Hall–Kier alpha value is -3.22. The lowest BCUT2D eigenvalue weighted by Gasteiger charge is -2.36. The predicted octanol–water partition coefficient (Wildman–Crippen LogP) is 3.68. The average molecular weight is 431 g/mol. The van der Waals surface area contributed by atoms with Crippen molar-refractivity contribution in [2.24, 2.45) is 0 Å². The van der Waals surface area contributed by atoms with Gasteiger partial charge in [-0.15, -0.1) is 0 Å². The van der Waals surface area contributed by atoms with Crippen LogP contribution in [0.15, 0.2) is 36.4 Å². The molecule has 1 amide bonds. The molecule has 5 rings (SSSR count). The van der Waals surface area contributed by atoms with Crippen LogP contribution in [-0.2, 0) is 0 Å². The van der Waals surface area contributed by atoms with E-state index in [9.17, 15) is 4.79 Å². The molecular weight excluding hydrogens is 400 g/mol. The van der Waals surface area contributed by atoms with Gasteiger partial charge in [-0.2, -0.15) is 0 Å². The van der Waals surface area contributed by atoms with E-state index in [-0.39, 0.29) is 5.91 Å². The van der Waals surface area contributed by atoms with Crippen molar-refractivity contribution in [3.63, 3.8) is 0 Å². The van der Waals surface area contributed by atoms with Gasteiger partial charge in [0.1, 0.15) is 17.5 Å². The second-order valence-corrected chi connectivity index (χ2v) is 9.15. The molecule has 1 N–H and O–H groups in total. The number of rotatable bonds is 5. The lowest BCUT2D eigenvalue weighted by Crippen LogP contribution is -2.47. The van der Waals surface area contributed by atoms with Gasteiger partial charge in [-0.25, -0.2) is 15.0 Å². The Morgan fingerprint density at radius 2 is 1.62 bits per heavy atom. The number of benzene rings is 1. The first-order valence-corrected chi connectivity index (χ1v) is 11.5. The summed E-state index contributed by atoms with van der Waals surface area (Å²) in [5, 5.41) is 4.04. The van der Waals surface area contributed by atoms with E-state index in [4.69, 9.17) is 9.97 Å². The largest absolute Gasteiger partial charge is 0.353 e. The van der Waals surface area contributed by atoms with Gasteiger partial charge in [-0.05, 0) is 31.9 Å². The standard InChI is InChI=1S/C25H30N6O/c1-16(2)24-26-17(3)14-22(29-24)30-10-12-31(13-11-30)23-15-20(25(32)27-18-8-9-18)19-6-4-5-7-21(19)28-23/h4-7,14-16,18H,8-13H2,1-3H3,(H,27,32). The number of nitrogens with zero attached hydrogens (tertiary/aromatic N) is 5. The first-order chi connectivity index (χ1) is 15.5. The van der Waals surface area contributed by atoms with Gasteiger partial charge in [-0.3, -0.25) is 4.79 Å². The number of fused-ring (bicyclic) bond motifs is 1. The third kappa shape index (κ3) is 4.24. The molecule has 32 heavy (non-hydrogen) atoms. The molecule has 166 valence electrons. The van der Waals surface area contributed by atoms with Crippen LogP contribution in [0.3, 0.4) is 0 Å². The molecule has 7 heteroatoms. The molecule has 2 aliphatic rings. The maximum Gasteiger partial charge on any atom is 0.252 e. The number of pyridine rings is 1. The zero-order chi connectivity index (χ0) is 22.2. The molecule has 2 fully saturated rings. The van der Waals surface area contributed by atoms with E-state index in [1.165, 1.54) is 0 Å². The van der Waals surface area contributed by atoms with Crippen molar-refractivity contribution >= 4 is 28.4 Å². The van der Waals surface area contributed by atoms with Crippen molar-refractivity contribution in [1.29, 1.82) is 0 Å². The highest BCUT2D eigenvalue weighted by Crippen LogP contribution is 2.27. The maximum absolute atomic E-state index is 12.9. The van der Waals surface area contributed by atoms with Crippen molar-refractivity contribution in [1.82, 2.24) is 20.3 Å². The molecule has 1 aliphatic heterocycles. The second-order valence-electron chi connectivity index (χ2n) is 9.15. The maximum atomic E-state index is 12.9. The number of piperazine rings is 1. The Bertz CT molecular complexity index is 1150. The lowest BCUT2D eigenvalue weighted by molar-refractivity contribution is 0.0952. The van der Waals surface area contributed by atoms with Gasteiger partial charge in [0.25, 0.3) is 5.91 Å². The normalized spacial score (nSPS) is 16.6. The average Bonchev–Trinajstić information content (AvgIpc) is 3.62. The highest BCUT2D eigenvalue weighted by atomic mass is 16.1. The molecule has 3 heterocycles. The van der Waals surface area contributed by atoms with Gasteiger partial charge in [0.2, 0.25) is 0 Å². The van der Waals surface area contributed by atoms with Crippen LogP contribution in [0.1, 0.15) is 54.5 Å². The van der Waals surface area contributed by atoms with E-state index in [1.807, 2.05) is 37.3 Å². The summed E-state index contributed by atoms with van der Waals surface area (Å²) in [6.45, 7) is 9.64. The summed E-state index contributed by atoms with van der Waals surface area (Å²) in [6, 6.07) is 12.3. The summed E-state index contributed by atoms with van der Waals surface area (Å²) >= 11 is 0. The Kier molecular flexibility index (Phi) is 5.41. The van der Waals surface area contributed by atoms with Crippen molar-refractivity contribution < 1.29 is 4.79 Å². The Morgan fingerprint density at radius 3 is 2.28 bits per heavy atom. The van der Waals surface area contributed by atoms with E-state index in [0.717, 1.165) is 73.1 Å². The molecule has 0 radical (unpaired) electrons. The van der Waals surface area contributed by atoms with Gasteiger partial charge in [0.05, 0.1) is 11.1 Å². The van der Waals surface area contributed by atoms with Gasteiger partial charge in [0, 0.05) is 55.3 Å². The zero-order valence-corrected chi connectivity index (χ0v) is 19.0. The fraction of sp³-hybridized carbons (Fsp3) is 0.440. The van der Waals surface area contributed by atoms with E-state index in [0.29, 0.717) is 17.5 Å². The molecule has 0 unspecified atom stereocenters. The second kappa shape index (κ2) is 8.37. The highest BCUT2D eigenvalue weighted by Gasteiger charge is 2.26. The number of anilines is 2. The summed E-state index contributed by atoms with van der Waals surface area (Å²) in [4.78, 5) is 31.8. The van der Waals surface area contributed by atoms with E-state index >= 15 is 0 Å². The molecule has 1 aromatic carbocycles.